The summed E-state index contributed by atoms with van der Waals surface area (Å²) in [6.45, 7) is 7.39. The lowest BCUT2D eigenvalue weighted by Crippen LogP contribution is -2.36. The number of sulfonamides is 1. The van der Waals surface area contributed by atoms with E-state index in [1.165, 1.54) is 22.7 Å². The number of ether oxygens (including phenoxy) is 1. The number of halogens is 2. The maximum atomic E-state index is 14.9. The molecular formula is C19H24F2N4O4S2. The monoisotopic (exact) mass is 474 g/mol. The number of anilines is 2. The van der Waals surface area contributed by atoms with Gasteiger partial charge in [-0.25, -0.2) is 27.0 Å². The van der Waals surface area contributed by atoms with Crippen molar-refractivity contribution in [2.24, 2.45) is 0 Å². The van der Waals surface area contributed by atoms with Gasteiger partial charge in [0.05, 0.1) is 5.51 Å². The molecule has 1 aliphatic heterocycles. The Kier molecular flexibility index (Phi) is 6.42. The molecule has 1 aromatic heterocycles. The van der Waals surface area contributed by atoms with Crippen LogP contribution in [-0.2, 0) is 14.8 Å². The van der Waals surface area contributed by atoms with E-state index in [0.717, 1.165) is 17.4 Å². The lowest BCUT2D eigenvalue weighted by Gasteiger charge is -2.24. The van der Waals surface area contributed by atoms with E-state index < -0.39 is 38.2 Å². The molecule has 3 rings (SSSR count). The number of amides is 1. The third kappa shape index (κ3) is 5.42. The Morgan fingerprint density at radius 2 is 2.06 bits per heavy atom. The zero-order valence-corrected chi connectivity index (χ0v) is 19.2. The van der Waals surface area contributed by atoms with Crippen LogP contribution in [0.3, 0.4) is 0 Å². The number of nitrogens with one attached hydrogen (secondary N) is 2. The fraction of sp³-hybridized carbons (Fsp3) is 0.474. The minimum atomic E-state index is -4.50. The lowest BCUT2D eigenvalue weighted by atomic mass is 10.1. The van der Waals surface area contributed by atoms with Gasteiger partial charge in [0.1, 0.15) is 11.4 Å². The van der Waals surface area contributed by atoms with Crippen LogP contribution >= 0.6 is 11.3 Å². The smallest absolute Gasteiger partial charge is 0.410 e. The molecule has 2 heterocycles. The summed E-state index contributed by atoms with van der Waals surface area (Å²) in [5.74, 6) is -2.43. The topological polar surface area (TPSA) is 101 Å². The van der Waals surface area contributed by atoms with Gasteiger partial charge in [0.25, 0.3) is 10.0 Å². The van der Waals surface area contributed by atoms with Gasteiger partial charge in [-0.05, 0) is 40.2 Å². The van der Waals surface area contributed by atoms with Crippen molar-refractivity contribution in [3.8, 4) is 0 Å². The van der Waals surface area contributed by atoms with Crippen LogP contribution in [0, 0.1) is 18.6 Å². The first-order chi connectivity index (χ1) is 14.4. The third-order valence-corrected chi connectivity index (χ3v) is 6.54. The third-order valence-electron chi connectivity index (χ3n) is 4.56. The number of thiazole rings is 1. The first kappa shape index (κ1) is 23.2. The van der Waals surface area contributed by atoms with E-state index in [-0.39, 0.29) is 23.1 Å². The molecule has 12 heteroatoms. The minimum absolute atomic E-state index is 0.0168. The minimum Gasteiger partial charge on any atom is -0.444 e. The average molecular weight is 475 g/mol. The molecule has 1 aliphatic rings. The summed E-state index contributed by atoms with van der Waals surface area (Å²) >= 11 is 1.14. The molecule has 2 N–H and O–H groups in total. The standard InChI is InChI=1S/C19H24F2N4O4S2/c1-11-14(23-12-5-6-25(8-12)18(26)29-19(2,3)4)7-13(20)17(16(11)21)31(27,28)24-15-9-30-10-22-15/h7,9-10,12,23-24H,5-6,8H2,1-4H3/t12-/m0/s1. The number of hydrogen-bond acceptors (Lipinski definition) is 7. The van der Waals surface area contributed by atoms with Crippen LogP contribution in [0.25, 0.3) is 0 Å². The largest absolute Gasteiger partial charge is 0.444 e. The molecule has 1 amide bonds. The molecule has 170 valence electrons. The van der Waals surface area contributed by atoms with Gasteiger partial charge in [-0.3, -0.25) is 4.72 Å². The maximum absolute atomic E-state index is 14.9. The molecule has 0 spiro atoms. The summed E-state index contributed by atoms with van der Waals surface area (Å²) in [6, 6.07) is 0.685. The van der Waals surface area contributed by atoms with Gasteiger partial charge in [0, 0.05) is 35.8 Å². The highest BCUT2D eigenvalue weighted by Crippen LogP contribution is 2.30. The molecule has 31 heavy (non-hydrogen) atoms. The second-order valence-corrected chi connectivity index (χ2v) is 10.5. The molecule has 0 bridgehead atoms. The summed E-state index contributed by atoms with van der Waals surface area (Å²) in [6.07, 6.45) is 0.0910. The Morgan fingerprint density at radius 3 is 2.68 bits per heavy atom. The zero-order chi connectivity index (χ0) is 23.0. The number of carbonyl (C=O) groups excluding carboxylic acids is 1. The van der Waals surface area contributed by atoms with Crippen LogP contribution in [0.2, 0.25) is 0 Å². The molecule has 1 fully saturated rings. The molecule has 1 atom stereocenters. The van der Waals surface area contributed by atoms with Gasteiger partial charge in [0.2, 0.25) is 0 Å². The quantitative estimate of drug-likeness (QED) is 0.681. The van der Waals surface area contributed by atoms with Crippen molar-refractivity contribution in [1.82, 2.24) is 9.88 Å². The highest BCUT2D eigenvalue weighted by molar-refractivity contribution is 7.92. The Bertz CT molecular complexity index is 1070. The van der Waals surface area contributed by atoms with Crippen LogP contribution in [0.1, 0.15) is 32.8 Å². The molecule has 0 aliphatic carbocycles. The van der Waals surface area contributed by atoms with E-state index in [9.17, 15) is 22.0 Å². The first-order valence-electron chi connectivity index (χ1n) is 9.51. The molecule has 2 aromatic rings. The van der Waals surface area contributed by atoms with E-state index >= 15 is 0 Å². The molecule has 0 unspecified atom stereocenters. The normalized spacial score (nSPS) is 17.0. The fourth-order valence-corrected chi connectivity index (χ4v) is 4.88. The van der Waals surface area contributed by atoms with Crippen molar-refractivity contribution < 1.29 is 26.7 Å². The number of hydrogen-bond donors (Lipinski definition) is 2. The summed E-state index contributed by atoms with van der Waals surface area (Å²) in [5, 5.41) is 4.42. The SMILES string of the molecule is Cc1c(N[C@H]2CCN(C(=O)OC(C)(C)C)C2)cc(F)c(S(=O)(=O)Nc2cscn2)c1F. The van der Waals surface area contributed by atoms with Gasteiger partial charge < -0.3 is 15.0 Å². The molecule has 0 radical (unpaired) electrons. The Morgan fingerprint density at radius 1 is 1.35 bits per heavy atom. The highest BCUT2D eigenvalue weighted by atomic mass is 32.2. The van der Waals surface area contributed by atoms with Crippen LogP contribution in [0.15, 0.2) is 21.9 Å². The molecule has 0 saturated carbocycles. The molecule has 1 aromatic carbocycles. The molecule has 8 nitrogen and oxygen atoms in total. The Hall–Kier alpha value is -2.47. The van der Waals surface area contributed by atoms with Crippen molar-refractivity contribution in [2.45, 2.75) is 50.7 Å². The fourth-order valence-electron chi connectivity index (χ4n) is 3.13. The van der Waals surface area contributed by atoms with Crippen LogP contribution in [0.4, 0.5) is 25.1 Å². The van der Waals surface area contributed by atoms with Crippen molar-refractivity contribution in [1.29, 1.82) is 0 Å². The number of carbonyl (C=O) groups is 1. The number of likely N-dealkylation sites (tertiary alicyclic amines) is 1. The number of aromatic nitrogens is 1. The summed E-state index contributed by atoms with van der Waals surface area (Å²) < 4.78 is 61.9. The number of benzene rings is 1. The van der Waals surface area contributed by atoms with E-state index in [1.54, 1.807) is 20.8 Å². The van der Waals surface area contributed by atoms with E-state index in [4.69, 9.17) is 4.74 Å². The van der Waals surface area contributed by atoms with E-state index in [0.29, 0.717) is 19.5 Å². The van der Waals surface area contributed by atoms with Gasteiger partial charge in [-0.1, -0.05) is 0 Å². The molecule has 1 saturated heterocycles. The van der Waals surface area contributed by atoms with Gasteiger partial charge in [0.15, 0.2) is 16.5 Å². The van der Waals surface area contributed by atoms with Gasteiger partial charge in [-0.15, -0.1) is 11.3 Å². The van der Waals surface area contributed by atoms with Crippen molar-refractivity contribution >= 4 is 39.0 Å². The Balaban J connectivity index is 1.76. The van der Waals surface area contributed by atoms with E-state index in [1.807, 2.05) is 0 Å². The van der Waals surface area contributed by atoms with Crippen molar-refractivity contribution in [3.63, 3.8) is 0 Å². The van der Waals surface area contributed by atoms with Crippen LogP contribution in [-0.4, -0.2) is 49.1 Å². The summed E-state index contributed by atoms with van der Waals surface area (Å²) in [7, 11) is -4.50. The van der Waals surface area contributed by atoms with Gasteiger partial charge in [-0.2, -0.15) is 0 Å². The second kappa shape index (κ2) is 8.58. The van der Waals surface area contributed by atoms with Crippen molar-refractivity contribution in [3.05, 3.63) is 34.2 Å². The zero-order valence-electron chi connectivity index (χ0n) is 17.5. The second-order valence-electron chi connectivity index (χ2n) is 8.21. The number of nitrogens with zero attached hydrogens (tertiary/aromatic N) is 2. The average Bonchev–Trinajstić information content (AvgIpc) is 3.29. The predicted molar refractivity (Wildman–Crippen MR) is 114 cm³/mol. The maximum Gasteiger partial charge on any atom is 0.410 e. The van der Waals surface area contributed by atoms with E-state index in [2.05, 4.69) is 15.0 Å². The summed E-state index contributed by atoms with van der Waals surface area (Å²) in [4.78, 5) is 16.4. The molecular weight excluding hydrogens is 450 g/mol. The first-order valence-corrected chi connectivity index (χ1v) is 11.9. The highest BCUT2D eigenvalue weighted by Gasteiger charge is 2.32. The summed E-state index contributed by atoms with van der Waals surface area (Å²) in [5.41, 5.74) is 0.846. The predicted octanol–water partition coefficient (Wildman–Crippen LogP) is 3.95. The Labute approximate surface area is 183 Å². The van der Waals surface area contributed by atoms with Crippen LogP contribution < -0.4 is 10.0 Å². The van der Waals surface area contributed by atoms with Gasteiger partial charge >= 0.3 is 6.09 Å². The number of rotatable bonds is 5. The van der Waals surface area contributed by atoms with Crippen molar-refractivity contribution in [2.75, 3.05) is 23.1 Å². The van der Waals surface area contributed by atoms with Crippen LogP contribution in [0.5, 0.6) is 0 Å². The lowest BCUT2D eigenvalue weighted by molar-refractivity contribution is 0.0293.